The second kappa shape index (κ2) is 14.3. The number of hydrogen-bond acceptors (Lipinski definition) is 4. The quantitative estimate of drug-likeness (QED) is 0.148. The lowest BCUT2D eigenvalue weighted by atomic mass is 10.0. The fourth-order valence-corrected chi connectivity index (χ4v) is 4.82. The molecule has 198 valence electrons. The van der Waals surface area contributed by atoms with E-state index in [-0.39, 0.29) is 16.7 Å². The molecule has 5 nitrogen and oxygen atoms in total. The second-order valence-electron chi connectivity index (χ2n) is 11.3. The highest BCUT2D eigenvalue weighted by Gasteiger charge is 2.39. The Bertz CT molecular complexity index is 968. The van der Waals surface area contributed by atoms with Crippen molar-refractivity contribution >= 4 is 25.7 Å². The molecule has 0 spiro atoms. The van der Waals surface area contributed by atoms with Gasteiger partial charge >= 0.3 is 0 Å². The van der Waals surface area contributed by atoms with Gasteiger partial charge in [-0.3, -0.25) is 14.6 Å². The monoisotopic (exact) mass is 510 g/mol. The molecular weight excluding hydrogens is 464 g/mol. The highest BCUT2D eigenvalue weighted by molar-refractivity contribution is 6.74. The van der Waals surface area contributed by atoms with Crippen LogP contribution in [0.2, 0.25) is 18.1 Å². The van der Waals surface area contributed by atoms with Gasteiger partial charge in [-0.2, -0.15) is 0 Å². The van der Waals surface area contributed by atoms with Crippen LogP contribution in [0.3, 0.4) is 0 Å². The molecule has 0 fully saturated rings. The van der Waals surface area contributed by atoms with Crippen molar-refractivity contribution in [2.24, 2.45) is 0 Å². The van der Waals surface area contributed by atoms with E-state index in [1.54, 1.807) is 24.4 Å². The topological polar surface area (TPSA) is 68.3 Å². The minimum atomic E-state index is -2.07. The number of pyridine rings is 1. The Labute approximate surface area is 219 Å². The van der Waals surface area contributed by atoms with Crippen LogP contribution in [0.15, 0.2) is 42.7 Å². The average Bonchev–Trinajstić information content (AvgIpc) is 2.83. The number of nitrogens with one attached hydrogen (secondary N) is 1. The zero-order chi connectivity index (χ0) is 26.6. The summed E-state index contributed by atoms with van der Waals surface area (Å²) in [4.78, 5) is 30.1. The summed E-state index contributed by atoms with van der Waals surface area (Å²) in [5, 5.41) is 2.96. The first-order valence-corrected chi connectivity index (χ1v) is 16.5. The fraction of sp³-hybridized carbons (Fsp3) is 0.567. The molecule has 0 saturated carbocycles. The molecule has 0 radical (unpaired) electrons. The minimum Gasteiger partial charge on any atom is -0.543 e. The van der Waals surface area contributed by atoms with Gasteiger partial charge < -0.3 is 9.74 Å². The number of amides is 1. The zero-order valence-electron chi connectivity index (χ0n) is 23.3. The van der Waals surface area contributed by atoms with Gasteiger partial charge in [0.1, 0.15) is 5.75 Å². The van der Waals surface area contributed by atoms with Crippen molar-refractivity contribution in [1.82, 2.24) is 4.98 Å². The Morgan fingerprint density at radius 2 is 1.58 bits per heavy atom. The number of carbonyl (C=O) groups excluding carboxylic acids is 2. The van der Waals surface area contributed by atoms with Gasteiger partial charge in [-0.05, 0) is 54.9 Å². The summed E-state index contributed by atoms with van der Waals surface area (Å²) >= 11 is 0. The number of aromatic nitrogens is 1. The van der Waals surface area contributed by atoms with Gasteiger partial charge in [0.25, 0.3) is 5.91 Å². The van der Waals surface area contributed by atoms with Crippen LogP contribution >= 0.6 is 0 Å². The first-order valence-electron chi connectivity index (χ1n) is 13.6. The third-order valence-electron chi connectivity index (χ3n) is 7.15. The van der Waals surface area contributed by atoms with Crippen LogP contribution in [0.4, 0.5) is 5.69 Å². The highest BCUT2D eigenvalue weighted by Crippen LogP contribution is 2.38. The van der Waals surface area contributed by atoms with Gasteiger partial charge in [0.15, 0.2) is 5.78 Å². The van der Waals surface area contributed by atoms with Gasteiger partial charge in [-0.15, -0.1) is 0 Å². The van der Waals surface area contributed by atoms with E-state index < -0.39 is 8.32 Å². The first-order chi connectivity index (χ1) is 17.0. The lowest BCUT2D eigenvalue weighted by Crippen LogP contribution is -2.43. The Kier molecular flexibility index (Phi) is 11.8. The number of Topliss-reactive ketones (excluding diaryl/α,β-unsaturated/α-hetero) is 1. The number of rotatable bonds is 15. The number of hydrogen-bond donors (Lipinski definition) is 1. The number of ketones is 1. The maximum absolute atomic E-state index is 13.3. The van der Waals surface area contributed by atoms with E-state index in [4.69, 9.17) is 4.43 Å². The highest BCUT2D eigenvalue weighted by atomic mass is 28.4. The molecule has 0 saturated heterocycles. The van der Waals surface area contributed by atoms with Gasteiger partial charge in [0.2, 0.25) is 8.32 Å². The molecule has 2 aromatic rings. The van der Waals surface area contributed by atoms with E-state index in [1.165, 1.54) is 51.1 Å². The number of anilines is 1. The van der Waals surface area contributed by atoms with Crippen LogP contribution in [0, 0.1) is 0 Å². The zero-order valence-corrected chi connectivity index (χ0v) is 24.3. The average molecular weight is 511 g/mol. The SMILES string of the molecule is CCCCCCCCCCCC(=O)c1cc(O[Si](C)(C)C(C)(C)C)ccc1NC(=O)c1cccnc1. The molecule has 1 aromatic heterocycles. The number of nitrogens with zero attached hydrogens (tertiary/aromatic N) is 1. The molecule has 1 amide bonds. The molecule has 0 aliphatic rings. The lowest BCUT2D eigenvalue weighted by Gasteiger charge is -2.36. The lowest BCUT2D eigenvalue weighted by molar-refractivity contribution is 0.0979. The van der Waals surface area contributed by atoms with Gasteiger partial charge in [0, 0.05) is 24.4 Å². The van der Waals surface area contributed by atoms with Crippen molar-refractivity contribution < 1.29 is 14.0 Å². The van der Waals surface area contributed by atoms with Gasteiger partial charge in [-0.1, -0.05) is 79.1 Å². The standard InChI is InChI=1S/C30H46N2O3Si/c1-7-8-9-10-11-12-13-14-15-18-28(33)26-22-25(35-36(5,6)30(2,3)4)19-20-27(26)32-29(34)24-17-16-21-31-23-24/h16-17,19-23H,7-15,18H2,1-6H3,(H,32,34). The third-order valence-corrected chi connectivity index (χ3v) is 11.5. The molecule has 1 aromatic carbocycles. The normalized spacial score (nSPS) is 11.8. The van der Waals surface area contributed by atoms with E-state index in [9.17, 15) is 9.59 Å². The Morgan fingerprint density at radius 3 is 2.17 bits per heavy atom. The molecule has 0 aliphatic heterocycles. The predicted molar refractivity (Wildman–Crippen MR) is 153 cm³/mol. The summed E-state index contributed by atoms with van der Waals surface area (Å²) in [5.41, 5.74) is 1.49. The molecule has 6 heteroatoms. The van der Waals surface area contributed by atoms with E-state index in [2.05, 4.69) is 51.1 Å². The van der Waals surface area contributed by atoms with Crippen LogP contribution in [-0.4, -0.2) is 25.0 Å². The van der Waals surface area contributed by atoms with E-state index >= 15 is 0 Å². The summed E-state index contributed by atoms with van der Waals surface area (Å²) < 4.78 is 6.46. The molecule has 36 heavy (non-hydrogen) atoms. The first kappa shape index (κ1) is 29.8. The summed E-state index contributed by atoms with van der Waals surface area (Å²) in [6.07, 6.45) is 14.5. The molecule has 0 aliphatic carbocycles. The fourth-order valence-electron chi connectivity index (χ4n) is 3.80. The van der Waals surface area contributed by atoms with Gasteiger partial charge in [0.05, 0.1) is 11.3 Å². The van der Waals surface area contributed by atoms with E-state index in [0.717, 1.165) is 12.8 Å². The minimum absolute atomic E-state index is 0.0418. The summed E-state index contributed by atoms with van der Waals surface area (Å²) in [7, 11) is -2.07. The van der Waals surface area contributed by atoms with Crippen molar-refractivity contribution in [1.29, 1.82) is 0 Å². The summed E-state index contributed by atoms with van der Waals surface area (Å²) in [5.74, 6) is 0.454. The van der Waals surface area contributed by atoms with Crippen molar-refractivity contribution in [3.63, 3.8) is 0 Å². The maximum Gasteiger partial charge on any atom is 0.257 e. The number of unbranched alkanes of at least 4 members (excludes halogenated alkanes) is 8. The number of benzene rings is 1. The van der Waals surface area contributed by atoms with Crippen LogP contribution in [0.1, 0.15) is 113 Å². The predicted octanol–water partition coefficient (Wildman–Crippen LogP) is 8.82. The molecule has 0 bridgehead atoms. The molecule has 1 heterocycles. The molecule has 2 rings (SSSR count). The Balaban J connectivity index is 2.09. The van der Waals surface area contributed by atoms with Crippen molar-refractivity contribution in [2.75, 3.05) is 5.32 Å². The van der Waals surface area contributed by atoms with E-state index in [0.29, 0.717) is 29.0 Å². The second-order valence-corrected chi connectivity index (χ2v) is 16.0. The van der Waals surface area contributed by atoms with Crippen LogP contribution < -0.4 is 9.74 Å². The molecule has 0 atom stereocenters. The molecule has 1 N–H and O–H groups in total. The maximum atomic E-state index is 13.3. The molecule has 0 unspecified atom stereocenters. The van der Waals surface area contributed by atoms with Crippen molar-refractivity contribution in [3.8, 4) is 5.75 Å². The summed E-state index contributed by atoms with van der Waals surface area (Å²) in [6, 6.07) is 8.90. The van der Waals surface area contributed by atoms with Crippen LogP contribution in [-0.2, 0) is 0 Å². The largest absolute Gasteiger partial charge is 0.543 e. The summed E-state index contributed by atoms with van der Waals surface area (Å²) in [6.45, 7) is 13.2. The van der Waals surface area contributed by atoms with Crippen LogP contribution in [0.5, 0.6) is 5.75 Å². The Hall–Kier alpha value is -2.47. The van der Waals surface area contributed by atoms with Crippen molar-refractivity contribution in [2.45, 2.75) is 110 Å². The number of carbonyl (C=O) groups is 2. The molecular formula is C30H46N2O3Si. The smallest absolute Gasteiger partial charge is 0.257 e. The van der Waals surface area contributed by atoms with Crippen LogP contribution in [0.25, 0.3) is 0 Å². The Morgan fingerprint density at radius 1 is 0.944 bits per heavy atom. The van der Waals surface area contributed by atoms with Gasteiger partial charge in [-0.25, -0.2) is 0 Å². The van der Waals surface area contributed by atoms with E-state index in [1.807, 2.05) is 12.1 Å². The van der Waals surface area contributed by atoms with Crippen molar-refractivity contribution in [3.05, 3.63) is 53.9 Å². The third kappa shape index (κ3) is 9.53.